The third-order valence-electron chi connectivity index (χ3n) is 4.56. The van der Waals surface area contributed by atoms with Crippen molar-refractivity contribution in [1.82, 2.24) is 4.90 Å². The molecule has 0 saturated carbocycles. The van der Waals surface area contributed by atoms with Crippen molar-refractivity contribution < 1.29 is 23.8 Å². The smallest absolute Gasteiger partial charge is 0.407 e. The average molecular weight is 350 g/mol. The van der Waals surface area contributed by atoms with Crippen LogP contribution in [0.4, 0.5) is 14.9 Å². The predicted molar refractivity (Wildman–Crippen MR) is 89.3 cm³/mol. The van der Waals surface area contributed by atoms with Crippen LogP contribution in [-0.2, 0) is 0 Å². The number of aliphatic hydroxyl groups excluding tert-OH is 1. The minimum absolute atomic E-state index is 0.0359. The Labute approximate surface area is 142 Å². The molecule has 3 rings (SSSR count). The fraction of sp³-hybridized carbons (Fsp3) is 0.412. The number of hydrogen-bond donors (Lipinski definition) is 3. The fourth-order valence-corrected chi connectivity index (χ4v) is 3.14. The van der Waals surface area contributed by atoms with Crippen molar-refractivity contribution in [2.75, 3.05) is 25.0 Å². The molecule has 2 heterocycles. The first-order valence-corrected chi connectivity index (χ1v) is 8.07. The highest BCUT2D eigenvalue weighted by Crippen LogP contribution is 2.24. The van der Waals surface area contributed by atoms with Gasteiger partial charge in [0.15, 0.2) is 0 Å². The van der Waals surface area contributed by atoms with Crippen LogP contribution in [0.3, 0.4) is 0 Å². The van der Waals surface area contributed by atoms with E-state index in [-0.39, 0.29) is 18.0 Å². The first-order chi connectivity index (χ1) is 11.9. The minimum atomic E-state index is -0.949. The van der Waals surface area contributed by atoms with Crippen molar-refractivity contribution in [2.45, 2.75) is 18.9 Å². The van der Waals surface area contributed by atoms with Gasteiger partial charge in [-0.2, -0.15) is 0 Å². The van der Waals surface area contributed by atoms with E-state index in [1.165, 1.54) is 29.2 Å². The average Bonchev–Trinajstić information content (AvgIpc) is 2.60. The van der Waals surface area contributed by atoms with Crippen LogP contribution >= 0.6 is 0 Å². The van der Waals surface area contributed by atoms with Gasteiger partial charge in [-0.3, -0.25) is 0 Å². The van der Waals surface area contributed by atoms with Crippen molar-refractivity contribution >= 4 is 22.7 Å². The second-order valence-corrected chi connectivity index (χ2v) is 6.17. The zero-order valence-corrected chi connectivity index (χ0v) is 13.4. The molecule has 1 aliphatic heterocycles. The highest BCUT2D eigenvalue weighted by molar-refractivity contribution is 5.89. The first-order valence-electron chi connectivity index (χ1n) is 8.07. The van der Waals surface area contributed by atoms with Gasteiger partial charge >= 0.3 is 11.7 Å². The SMILES string of the molecule is O=C(O)N1CCC(C(O)CNc2cc(=O)oc3ccc(F)cc23)CC1. The Morgan fingerprint density at radius 1 is 1.36 bits per heavy atom. The number of carbonyl (C=O) groups is 1. The van der Waals surface area contributed by atoms with E-state index >= 15 is 0 Å². The summed E-state index contributed by atoms with van der Waals surface area (Å²) in [5, 5.41) is 22.7. The molecule has 1 fully saturated rings. The normalized spacial score (nSPS) is 16.8. The molecular formula is C17H19FN2O5. The van der Waals surface area contributed by atoms with Crippen molar-refractivity contribution in [3.8, 4) is 0 Å². The van der Waals surface area contributed by atoms with Crippen LogP contribution in [0.2, 0.25) is 0 Å². The third kappa shape index (κ3) is 3.90. The number of piperidine rings is 1. The summed E-state index contributed by atoms with van der Waals surface area (Å²) in [6.45, 7) is 0.951. The van der Waals surface area contributed by atoms with E-state index in [1.807, 2.05) is 0 Å². The van der Waals surface area contributed by atoms with Gasteiger partial charge in [0.1, 0.15) is 11.4 Å². The van der Waals surface area contributed by atoms with E-state index < -0.39 is 23.6 Å². The molecule has 1 unspecified atom stereocenters. The fourth-order valence-electron chi connectivity index (χ4n) is 3.14. The topological polar surface area (TPSA) is 103 Å². The van der Waals surface area contributed by atoms with Crippen LogP contribution in [0, 0.1) is 11.7 Å². The lowest BCUT2D eigenvalue weighted by Crippen LogP contribution is -2.42. The lowest BCUT2D eigenvalue weighted by atomic mass is 9.91. The summed E-state index contributed by atoms with van der Waals surface area (Å²) in [4.78, 5) is 23.8. The molecule has 0 radical (unpaired) electrons. The van der Waals surface area contributed by atoms with Gasteiger partial charge in [0.05, 0.1) is 11.8 Å². The number of rotatable bonds is 4. The zero-order chi connectivity index (χ0) is 18.0. The van der Waals surface area contributed by atoms with E-state index in [2.05, 4.69) is 5.32 Å². The minimum Gasteiger partial charge on any atom is -0.465 e. The molecule has 1 aliphatic rings. The quantitative estimate of drug-likeness (QED) is 0.730. The van der Waals surface area contributed by atoms with Crippen LogP contribution in [0.15, 0.2) is 33.5 Å². The van der Waals surface area contributed by atoms with Gasteiger partial charge in [-0.25, -0.2) is 14.0 Å². The maximum Gasteiger partial charge on any atom is 0.407 e. The number of likely N-dealkylation sites (tertiary alicyclic amines) is 1. The summed E-state index contributed by atoms with van der Waals surface area (Å²) >= 11 is 0. The number of anilines is 1. The second-order valence-electron chi connectivity index (χ2n) is 6.17. The monoisotopic (exact) mass is 350 g/mol. The lowest BCUT2D eigenvalue weighted by molar-refractivity contribution is 0.0652. The van der Waals surface area contributed by atoms with Crippen LogP contribution in [0.25, 0.3) is 11.0 Å². The Hall–Kier alpha value is -2.61. The Morgan fingerprint density at radius 3 is 2.76 bits per heavy atom. The summed E-state index contributed by atoms with van der Waals surface area (Å²) in [5.74, 6) is -0.489. The highest BCUT2D eigenvalue weighted by atomic mass is 19.1. The van der Waals surface area contributed by atoms with E-state index in [1.54, 1.807) is 0 Å². The van der Waals surface area contributed by atoms with Gasteiger partial charge in [0, 0.05) is 31.1 Å². The Kier molecular flexibility index (Phi) is 4.89. The standard InChI is InChI=1S/C17H19FN2O5/c18-11-1-2-15-12(7-11)13(8-16(22)25-15)19-9-14(21)10-3-5-20(6-4-10)17(23)24/h1-2,7-8,10,14,19,21H,3-6,9H2,(H,23,24). The molecular weight excluding hydrogens is 331 g/mol. The van der Waals surface area contributed by atoms with Crippen molar-refractivity contribution in [2.24, 2.45) is 5.92 Å². The van der Waals surface area contributed by atoms with Crippen LogP contribution < -0.4 is 10.9 Å². The number of fused-ring (bicyclic) bond motifs is 1. The van der Waals surface area contributed by atoms with Crippen molar-refractivity contribution in [3.05, 3.63) is 40.5 Å². The molecule has 134 valence electrons. The molecule has 7 nitrogen and oxygen atoms in total. The van der Waals surface area contributed by atoms with Crippen molar-refractivity contribution in [1.29, 1.82) is 0 Å². The molecule has 0 aliphatic carbocycles. The summed E-state index contributed by atoms with van der Waals surface area (Å²) in [6.07, 6.45) is -0.509. The summed E-state index contributed by atoms with van der Waals surface area (Å²) < 4.78 is 18.5. The van der Waals surface area contributed by atoms with Crippen LogP contribution in [0.5, 0.6) is 0 Å². The molecule has 0 spiro atoms. The Balaban J connectivity index is 1.67. The number of hydrogen-bond acceptors (Lipinski definition) is 5. The lowest BCUT2D eigenvalue weighted by Gasteiger charge is -2.32. The number of halogens is 1. The Morgan fingerprint density at radius 2 is 2.08 bits per heavy atom. The molecule has 1 aromatic carbocycles. The Bertz CT molecular complexity index is 829. The number of amides is 1. The molecule has 25 heavy (non-hydrogen) atoms. The van der Waals surface area contributed by atoms with Gasteiger partial charge in [-0.1, -0.05) is 0 Å². The molecule has 1 saturated heterocycles. The number of nitrogens with zero attached hydrogens (tertiary/aromatic N) is 1. The number of carboxylic acid groups (broad SMARTS) is 1. The van der Waals surface area contributed by atoms with E-state index in [9.17, 15) is 19.1 Å². The second kappa shape index (κ2) is 7.10. The molecule has 2 aromatic rings. The summed E-state index contributed by atoms with van der Waals surface area (Å²) in [7, 11) is 0. The summed E-state index contributed by atoms with van der Waals surface area (Å²) in [6, 6.07) is 5.08. The first kappa shape index (κ1) is 17.2. The molecule has 8 heteroatoms. The van der Waals surface area contributed by atoms with E-state index in [4.69, 9.17) is 9.52 Å². The van der Waals surface area contributed by atoms with E-state index in [0.717, 1.165) is 0 Å². The van der Waals surface area contributed by atoms with Crippen LogP contribution in [-0.4, -0.2) is 46.9 Å². The maximum absolute atomic E-state index is 13.5. The number of benzene rings is 1. The molecule has 1 atom stereocenters. The predicted octanol–water partition coefficient (Wildman–Crippen LogP) is 2.09. The maximum atomic E-state index is 13.5. The molecule has 0 bridgehead atoms. The number of aliphatic hydroxyl groups is 1. The molecule has 1 aromatic heterocycles. The van der Waals surface area contributed by atoms with Gasteiger partial charge in [0.25, 0.3) is 0 Å². The number of nitrogens with one attached hydrogen (secondary N) is 1. The largest absolute Gasteiger partial charge is 0.465 e. The van der Waals surface area contributed by atoms with Gasteiger partial charge < -0.3 is 24.8 Å². The van der Waals surface area contributed by atoms with Gasteiger partial charge in [-0.15, -0.1) is 0 Å². The van der Waals surface area contributed by atoms with Gasteiger partial charge in [-0.05, 0) is 37.0 Å². The zero-order valence-electron chi connectivity index (χ0n) is 13.4. The molecule has 1 amide bonds. The highest BCUT2D eigenvalue weighted by Gasteiger charge is 2.27. The van der Waals surface area contributed by atoms with Crippen molar-refractivity contribution in [3.63, 3.8) is 0 Å². The van der Waals surface area contributed by atoms with E-state index in [0.29, 0.717) is 37.0 Å². The van der Waals surface area contributed by atoms with Gasteiger partial charge in [0.2, 0.25) is 0 Å². The third-order valence-corrected chi connectivity index (χ3v) is 4.56. The van der Waals surface area contributed by atoms with Crippen LogP contribution in [0.1, 0.15) is 12.8 Å². The molecule has 3 N–H and O–H groups in total. The summed E-state index contributed by atoms with van der Waals surface area (Å²) in [5.41, 5.74) is 0.0966.